The van der Waals surface area contributed by atoms with E-state index >= 15 is 0 Å². The molecular weight excluding hydrogens is 228 g/mol. The van der Waals surface area contributed by atoms with Crippen molar-refractivity contribution in [1.82, 2.24) is 0 Å². The molecule has 92 valence electrons. The lowest BCUT2D eigenvalue weighted by atomic mass is 9.59. The minimum Gasteiger partial charge on any atom is -0.691 e. The zero-order chi connectivity index (χ0) is 11.8. The third-order valence-corrected chi connectivity index (χ3v) is 5.60. The molecular formula is C11H17O4S-. The van der Waals surface area contributed by atoms with Crippen LogP contribution in [-0.2, 0) is 14.2 Å². The number of ketones is 1. The van der Waals surface area contributed by atoms with Crippen LogP contribution in [0.4, 0.5) is 0 Å². The Morgan fingerprint density at radius 2 is 2.31 bits per heavy atom. The average Bonchev–Trinajstić information content (AvgIpc) is 2.38. The Bertz CT molecular complexity index is 292. The molecule has 0 aromatic carbocycles. The van der Waals surface area contributed by atoms with E-state index < -0.39 is 0 Å². The average molecular weight is 245 g/mol. The van der Waals surface area contributed by atoms with Crippen molar-refractivity contribution in [2.24, 2.45) is 16.7 Å². The molecule has 0 saturated heterocycles. The zero-order valence-corrected chi connectivity index (χ0v) is 10.5. The van der Waals surface area contributed by atoms with E-state index in [1.54, 1.807) is 0 Å². The summed E-state index contributed by atoms with van der Waals surface area (Å²) in [6.45, 7) is 4.46. The molecule has 0 aliphatic heterocycles. The second kappa shape index (κ2) is 4.29. The van der Waals surface area contributed by atoms with Gasteiger partial charge in [-0.25, -0.2) is 0 Å². The van der Waals surface area contributed by atoms with Gasteiger partial charge in [-0.1, -0.05) is 13.8 Å². The highest BCUT2D eigenvalue weighted by Crippen LogP contribution is 2.63. The first-order valence-corrected chi connectivity index (χ1v) is 6.53. The van der Waals surface area contributed by atoms with Crippen LogP contribution >= 0.6 is 12.0 Å². The molecule has 2 aliphatic rings. The highest BCUT2D eigenvalue weighted by Gasteiger charge is 2.58. The first-order valence-electron chi connectivity index (χ1n) is 5.62. The third-order valence-electron chi connectivity index (χ3n) is 4.78. The maximum Gasteiger partial charge on any atom is 0.133 e. The number of hydrogen-bond donors (Lipinski definition) is 0. The van der Waals surface area contributed by atoms with Gasteiger partial charge in [-0.2, -0.15) is 4.33 Å². The van der Waals surface area contributed by atoms with E-state index in [0.29, 0.717) is 23.9 Å². The molecule has 0 amide bonds. The van der Waals surface area contributed by atoms with E-state index in [2.05, 4.69) is 23.2 Å². The van der Waals surface area contributed by atoms with E-state index in [9.17, 15) is 10.1 Å². The summed E-state index contributed by atoms with van der Waals surface area (Å²) in [5.41, 5.74) is 0.135. The molecule has 0 aromatic rings. The first-order chi connectivity index (χ1) is 7.52. The maximum atomic E-state index is 11.7. The Balaban J connectivity index is 2.12. The quantitative estimate of drug-likeness (QED) is 0.326. The van der Waals surface area contributed by atoms with E-state index in [-0.39, 0.29) is 10.8 Å². The normalized spacial score (nSPS) is 36.7. The van der Waals surface area contributed by atoms with Crippen molar-refractivity contribution >= 4 is 17.8 Å². The Hall–Kier alpha value is -0.100. The summed E-state index contributed by atoms with van der Waals surface area (Å²) in [4.78, 5) is 11.7. The van der Waals surface area contributed by atoms with Gasteiger partial charge in [0.25, 0.3) is 0 Å². The van der Waals surface area contributed by atoms with Crippen LogP contribution in [-0.4, -0.2) is 11.5 Å². The maximum absolute atomic E-state index is 11.7. The van der Waals surface area contributed by atoms with Gasteiger partial charge in [-0.15, -0.1) is 0 Å². The third kappa shape index (κ3) is 1.79. The second-order valence-electron chi connectivity index (χ2n) is 5.56. The number of fused-ring (bicyclic) bond motifs is 2. The summed E-state index contributed by atoms with van der Waals surface area (Å²) in [6.07, 6.45) is 3.49. The van der Waals surface area contributed by atoms with Crippen LogP contribution in [0.1, 0.15) is 39.5 Å². The first kappa shape index (κ1) is 12.4. The van der Waals surface area contributed by atoms with Crippen molar-refractivity contribution in [1.29, 1.82) is 0 Å². The molecule has 0 radical (unpaired) electrons. The predicted molar refractivity (Wildman–Crippen MR) is 57.8 cm³/mol. The SMILES string of the molecule is CC1(C)C2CCC1(CSOO[O-])CC(=O)C2. The summed E-state index contributed by atoms with van der Waals surface area (Å²) < 4.78 is 4.36. The molecule has 16 heavy (non-hydrogen) atoms. The molecule has 4 nitrogen and oxygen atoms in total. The number of rotatable bonds is 4. The Kier molecular flexibility index (Phi) is 3.32. The van der Waals surface area contributed by atoms with Crippen LogP contribution < -0.4 is 5.26 Å². The number of carbonyl (C=O) groups excluding carboxylic acids is 1. The minimum atomic E-state index is -0.0177. The van der Waals surface area contributed by atoms with Crippen LogP contribution in [0.25, 0.3) is 0 Å². The predicted octanol–water partition coefficient (Wildman–Crippen LogP) is 1.64. The molecule has 0 spiro atoms. The largest absolute Gasteiger partial charge is 0.691 e. The molecule has 2 rings (SSSR count). The lowest BCUT2D eigenvalue weighted by Crippen LogP contribution is -2.44. The molecule has 0 heterocycles. The summed E-state index contributed by atoms with van der Waals surface area (Å²) >= 11 is 1.03. The highest BCUT2D eigenvalue weighted by molar-refractivity contribution is 7.94. The van der Waals surface area contributed by atoms with Crippen molar-refractivity contribution in [2.45, 2.75) is 39.5 Å². The summed E-state index contributed by atoms with van der Waals surface area (Å²) in [7, 11) is 0. The second-order valence-corrected chi connectivity index (χ2v) is 6.22. The minimum absolute atomic E-state index is 0.0177. The van der Waals surface area contributed by atoms with Crippen LogP contribution in [0.3, 0.4) is 0 Å². The van der Waals surface area contributed by atoms with Crippen LogP contribution in [0, 0.1) is 16.7 Å². The lowest BCUT2D eigenvalue weighted by molar-refractivity contribution is -0.777. The molecule has 2 atom stereocenters. The van der Waals surface area contributed by atoms with Gasteiger partial charge < -0.3 is 5.26 Å². The van der Waals surface area contributed by atoms with Gasteiger partial charge in [0.05, 0.1) is 0 Å². The summed E-state index contributed by atoms with van der Waals surface area (Å²) in [6, 6.07) is 0. The molecule has 0 N–H and O–H groups in total. The monoisotopic (exact) mass is 245 g/mol. The fraction of sp³-hybridized carbons (Fsp3) is 0.909. The zero-order valence-electron chi connectivity index (χ0n) is 9.65. The van der Waals surface area contributed by atoms with Gasteiger partial charge in [0.1, 0.15) is 5.78 Å². The van der Waals surface area contributed by atoms with Gasteiger partial charge in [0.2, 0.25) is 0 Å². The van der Waals surface area contributed by atoms with Gasteiger partial charge in [-0.3, -0.25) is 9.83 Å². The van der Waals surface area contributed by atoms with Crippen LogP contribution in [0.5, 0.6) is 0 Å². The van der Waals surface area contributed by atoms with Gasteiger partial charge in [-0.05, 0) is 29.6 Å². The Morgan fingerprint density at radius 1 is 1.56 bits per heavy atom. The van der Waals surface area contributed by atoms with E-state index in [4.69, 9.17) is 0 Å². The van der Waals surface area contributed by atoms with Crippen molar-refractivity contribution in [3.05, 3.63) is 0 Å². The molecule has 2 unspecified atom stereocenters. The van der Waals surface area contributed by atoms with Gasteiger partial charge in [0, 0.05) is 30.6 Å². The number of Topliss-reactive ketones (excluding diaryl/α,β-unsaturated/α-hetero) is 1. The molecule has 2 aliphatic carbocycles. The van der Waals surface area contributed by atoms with Gasteiger partial charge in [0.15, 0.2) is 0 Å². The molecule has 0 aromatic heterocycles. The van der Waals surface area contributed by atoms with E-state index in [0.717, 1.165) is 31.3 Å². The molecule has 2 fully saturated rings. The molecule has 5 heteroatoms. The Labute approximate surface area is 99.8 Å². The number of hydrogen-bond acceptors (Lipinski definition) is 5. The fourth-order valence-corrected chi connectivity index (χ4v) is 4.36. The summed E-state index contributed by atoms with van der Waals surface area (Å²) in [5, 5.41) is 13.1. The number of carbonyl (C=O) groups is 1. The van der Waals surface area contributed by atoms with Crippen molar-refractivity contribution in [3.63, 3.8) is 0 Å². The van der Waals surface area contributed by atoms with Crippen molar-refractivity contribution in [2.75, 3.05) is 5.75 Å². The van der Waals surface area contributed by atoms with Crippen molar-refractivity contribution < 1.29 is 19.4 Å². The van der Waals surface area contributed by atoms with E-state index in [1.807, 2.05) is 0 Å². The van der Waals surface area contributed by atoms with E-state index in [1.165, 1.54) is 0 Å². The fourth-order valence-electron chi connectivity index (χ4n) is 3.43. The highest BCUT2D eigenvalue weighted by atomic mass is 32.2. The Morgan fingerprint density at radius 3 is 3.00 bits per heavy atom. The lowest BCUT2D eigenvalue weighted by Gasteiger charge is -2.47. The molecule has 2 saturated carbocycles. The standard InChI is InChI=1S/C11H18O4S/c1-10(2)8-3-4-11(10,6-9(12)5-8)7-16-15-14-13/h8,13H,3-7H2,1-2H3/p-1. The topological polar surface area (TPSA) is 58.6 Å². The summed E-state index contributed by atoms with van der Waals surface area (Å²) in [5.74, 6) is 1.50. The van der Waals surface area contributed by atoms with Crippen molar-refractivity contribution in [3.8, 4) is 0 Å². The molecule has 2 bridgehead atoms. The van der Waals surface area contributed by atoms with Gasteiger partial charge >= 0.3 is 0 Å². The smallest absolute Gasteiger partial charge is 0.133 e. The van der Waals surface area contributed by atoms with Crippen LogP contribution in [0.15, 0.2) is 0 Å². The van der Waals surface area contributed by atoms with Crippen LogP contribution in [0.2, 0.25) is 0 Å².